The number of likely N-dealkylation sites (tertiary alicyclic amines) is 1. The molecule has 0 radical (unpaired) electrons. The number of aromatic nitrogens is 2. The number of aryl methyl sites for hydroxylation is 1. The first-order valence-corrected chi connectivity index (χ1v) is 16.1. The second kappa shape index (κ2) is 14.2. The number of rotatable bonds is 13. The van der Waals surface area contributed by atoms with Crippen LogP contribution in [0.5, 0.6) is 0 Å². The van der Waals surface area contributed by atoms with E-state index in [9.17, 15) is 4.79 Å². The van der Waals surface area contributed by atoms with Gasteiger partial charge in [-0.1, -0.05) is 63.5 Å². The molecule has 1 aromatic carbocycles. The molecule has 2 aromatic heterocycles. The number of amides is 1. The molecule has 0 aliphatic carbocycles. The number of carbonyl (C=O) groups is 1. The first-order chi connectivity index (χ1) is 20.8. The summed E-state index contributed by atoms with van der Waals surface area (Å²) in [7, 11) is 0. The molecule has 0 atom stereocenters. The molecule has 3 aromatic rings. The summed E-state index contributed by atoms with van der Waals surface area (Å²) in [6.07, 6.45) is 9.85. The Kier molecular flexibility index (Phi) is 10.2. The summed E-state index contributed by atoms with van der Waals surface area (Å²) >= 11 is 0. The number of nitrogens with one attached hydrogen (secondary N) is 1. The van der Waals surface area contributed by atoms with Gasteiger partial charge in [-0.05, 0) is 88.7 Å². The Morgan fingerprint density at radius 2 is 1.67 bits per heavy atom. The third kappa shape index (κ3) is 7.85. The van der Waals surface area contributed by atoms with E-state index in [2.05, 4.69) is 72.7 Å². The van der Waals surface area contributed by atoms with Crippen LogP contribution >= 0.6 is 0 Å². The standard InChI is InChI=1S/C35H48N6O2/c1-25(2)15-21-40(22-16-26(3)4)35(42)30-17-23-41-32(24-30)31(10-9-20-39-18-7-6-8-19-39)33(37-41)28-11-13-29(14-12-28)34-36-27(5)43-38-34/h11-14,17,23-26H,5-10,15-16,18-22H2,1-4H3,(H,36,38). The van der Waals surface area contributed by atoms with Gasteiger partial charge in [0, 0.05) is 41.5 Å². The molecule has 0 bridgehead atoms. The lowest BCUT2D eigenvalue weighted by Crippen LogP contribution is -2.34. The van der Waals surface area contributed by atoms with Crippen LogP contribution in [0.15, 0.2) is 60.2 Å². The quantitative estimate of drug-likeness (QED) is 0.242. The molecule has 2 aliphatic rings. The zero-order valence-corrected chi connectivity index (χ0v) is 26.4. The van der Waals surface area contributed by atoms with Crippen LogP contribution < -0.4 is 5.32 Å². The predicted molar refractivity (Wildman–Crippen MR) is 174 cm³/mol. The Morgan fingerprint density at radius 1 is 1.00 bits per heavy atom. The van der Waals surface area contributed by atoms with Crippen molar-refractivity contribution in [3.8, 4) is 11.3 Å². The van der Waals surface area contributed by atoms with E-state index in [4.69, 9.17) is 9.94 Å². The number of nitrogens with zero attached hydrogens (tertiary/aromatic N) is 5. The number of pyridine rings is 1. The lowest BCUT2D eigenvalue weighted by atomic mass is 10.00. The maximum absolute atomic E-state index is 13.9. The number of fused-ring (bicyclic) bond motifs is 1. The molecule has 43 heavy (non-hydrogen) atoms. The highest BCUT2D eigenvalue weighted by atomic mass is 16.7. The van der Waals surface area contributed by atoms with Gasteiger partial charge in [-0.2, -0.15) is 5.10 Å². The molecule has 4 heterocycles. The van der Waals surface area contributed by atoms with Crippen LogP contribution in [0, 0.1) is 11.8 Å². The molecule has 0 spiro atoms. The smallest absolute Gasteiger partial charge is 0.253 e. The highest BCUT2D eigenvalue weighted by Gasteiger charge is 2.21. The number of benzene rings is 1. The summed E-state index contributed by atoms with van der Waals surface area (Å²) in [5, 5.41) is 12.2. The molecule has 230 valence electrons. The summed E-state index contributed by atoms with van der Waals surface area (Å²) < 4.78 is 1.95. The summed E-state index contributed by atoms with van der Waals surface area (Å²) in [6.45, 7) is 17.7. The van der Waals surface area contributed by atoms with Crippen molar-refractivity contribution in [3.63, 3.8) is 0 Å². The number of hydrogen-bond acceptors (Lipinski definition) is 6. The zero-order valence-electron chi connectivity index (χ0n) is 26.4. The largest absolute Gasteiger partial charge is 0.339 e. The van der Waals surface area contributed by atoms with E-state index >= 15 is 0 Å². The van der Waals surface area contributed by atoms with Crippen LogP contribution in [0.1, 0.15) is 87.7 Å². The van der Waals surface area contributed by atoms with Gasteiger partial charge < -0.3 is 20.0 Å². The van der Waals surface area contributed by atoms with Crippen LogP contribution in [0.2, 0.25) is 0 Å². The lowest BCUT2D eigenvalue weighted by Gasteiger charge is -2.26. The van der Waals surface area contributed by atoms with Gasteiger partial charge in [0.15, 0.2) is 5.84 Å². The maximum Gasteiger partial charge on any atom is 0.253 e. The number of piperidine rings is 1. The van der Waals surface area contributed by atoms with Gasteiger partial charge in [0.2, 0.25) is 5.88 Å². The Bertz CT molecular complexity index is 1420. The zero-order chi connectivity index (χ0) is 30.3. The van der Waals surface area contributed by atoms with Gasteiger partial charge in [-0.3, -0.25) is 4.79 Å². The third-order valence-corrected chi connectivity index (χ3v) is 8.51. The van der Waals surface area contributed by atoms with Crippen LogP contribution in [0.25, 0.3) is 16.8 Å². The molecule has 1 fully saturated rings. The van der Waals surface area contributed by atoms with E-state index in [1.54, 1.807) is 0 Å². The van der Waals surface area contributed by atoms with Crippen molar-refractivity contribution < 1.29 is 9.63 Å². The van der Waals surface area contributed by atoms with Crippen molar-refractivity contribution in [2.24, 2.45) is 17.0 Å². The van der Waals surface area contributed by atoms with Gasteiger partial charge in [0.1, 0.15) is 0 Å². The monoisotopic (exact) mass is 584 g/mol. The Balaban J connectivity index is 1.45. The summed E-state index contributed by atoms with van der Waals surface area (Å²) in [5.41, 5.74) is 5.89. The fourth-order valence-corrected chi connectivity index (χ4v) is 5.88. The lowest BCUT2D eigenvalue weighted by molar-refractivity contribution is 0.0741. The van der Waals surface area contributed by atoms with E-state index < -0.39 is 0 Å². The van der Waals surface area contributed by atoms with E-state index in [-0.39, 0.29) is 5.91 Å². The van der Waals surface area contributed by atoms with Gasteiger partial charge in [-0.25, -0.2) is 4.52 Å². The average Bonchev–Trinajstić information content (AvgIpc) is 3.60. The van der Waals surface area contributed by atoms with Crippen molar-refractivity contribution in [2.75, 3.05) is 32.7 Å². The van der Waals surface area contributed by atoms with Crippen LogP contribution in [0.4, 0.5) is 0 Å². The fourth-order valence-electron chi connectivity index (χ4n) is 5.88. The molecule has 1 N–H and O–H groups in total. The van der Waals surface area contributed by atoms with Crippen molar-refractivity contribution in [1.82, 2.24) is 24.7 Å². The molecule has 8 nitrogen and oxygen atoms in total. The highest BCUT2D eigenvalue weighted by molar-refractivity contribution is 6.00. The normalized spacial score (nSPS) is 15.7. The average molecular weight is 585 g/mol. The number of carbonyl (C=O) groups excluding carboxylic acids is 1. The number of hydrogen-bond donors (Lipinski definition) is 1. The van der Waals surface area contributed by atoms with Crippen LogP contribution in [-0.2, 0) is 11.3 Å². The fraction of sp³-hybridized carbons (Fsp3) is 0.514. The van der Waals surface area contributed by atoms with Crippen LogP contribution in [0.3, 0.4) is 0 Å². The van der Waals surface area contributed by atoms with Gasteiger partial charge >= 0.3 is 0 Å². The molecule has 1 amide bonds. The van der Waals surface area contributed by atoms with E-state index in [0.29, 0.717) is 23.6 Å². The summed E-state index contributed by atoms with van der Waals surface area (Å²) in [5.74, 6) is 2.29. The minimum absolute atomic E-state index is 0.115. The van der Waals surface area contributed by atoms with Gasteiger partial charge in [-0.15, -0.1) is 0 Å². The highest BCUT2D eigenvalue weighted by Crippen LogP contribution is 2.29. The minimum Gasteiger partial charge on any atom is -0.339 e. The minimum atomic E-state index is 0.115. The van der Waals surface area contributed by atoms with E-state index in [1.165, 1.54) is 37.9 Å². The second-order valence-electron chi connectivity index (χ2n) is 12.9. The number of oxime groups is 1. The number of amidine groups is 1. The third-order valence-electron chi connectivity index (χ3n) is 8.51. The maximum atomic E-state index is 13.9. The second-order valence-corrected chi connectivity index (χ2v) is 12.9. The first kappa shape index (κ1) is 30.8. The topological polar surface area (TPSA) is 74.5 Å². The van der Waals surface area contributed by atoms with Crippen molar-refractivity contribution >= 4 is 17.3 Å². The molecule has 1 saturated heterocycles. The molecule has 0 unspecified atom stereocenters. The molecular formula is C35H48N6O2. The Hall–Kier alpha value is -3.65. The van der Waals surface area contributed by atoms with Crippen LogP contribution in [-0.4, -0.2) is 63.9 Å². The summed E-state index contributed by atoms with van der Waals surface area (Å²) in [4.78, 5) is 23.6. The Labute approximate surface area is 256 Å². The first-order valence-electron chi connectivity index (χ1n) is 16.1. The predicted octanol–water partition coefficient (Wildman–Crippen LogP) is 6.71. The molecular weight excluding hydrogens is 536 g/mol. The molecule has 5 rings (SSSR count). The van der Waals surface area contributed by atoms with Gasteiger partial charge in [0.25, 0.3) is 5.91 Å². The van der Waals surface area contributed by atoms with Gasteiger partial charge in [0.05, 0.1) is 11.2 Å². The van der Waals surface area contributed by atoms with Crippen molar-refractivity contribution in [3.05, 3.63) is 71.7 Å². The molecule has 8 heteroatoms. The van der Waals surface area contributed by atoms with E-state index in [0.717, 1.165) is 73.2 Å². The van der Waals surface area contributed by atoms with E-state index in [1.807, 2.05) is 28.9 Å². The molecule has 0 saturated carbocycles. The SMILES string of the molecule is C=C1NC(c2ccc(-c3nn4ccc(C(=O)N(CCC(C)C)CCC(C)C)cc4c3CCCN3CCCCC3)cc2)=NO1. The Morgan fingerprint density at radius 3 is 2.30 bits per heavy atom. The summed E-state index contributed by atoms with van der Waals surface area (Å²) in [6, 6.07) is 12.2. The molecule has 2 aliphatic heterocycles. The van der Waals surface area contributed by atoms with Crippen molar-refractivity contribution in [2.45, 2.75) is 72.6 Å². The van der Waals surface area contributed by atoms with Crippen molar-refractivity contribution in [1.29, 1.82) is 0 Å².